The maximum atomic E-state index is 13.6. The van der Waals surface area contributed by atoms with Crippen molar-refractivity contribution in [3.8, 4) is 11.5 Å². The Labute approximate surface area is 215 Å². The molecule has 190 valence electrons. The zero-order valence-corrected chi connectivity index (χ0v) is 20.4. The van der Waals surface area contributed by atoms with Crippen LogP contribution in [-0.4, -0.2) is 58.1 Å². The van der Waals surface area contributed by atoms with Crippen LogP contribution in [0.25, 0.3) is 0 Å². The van der Waals surface area contributed by atoms with Gasteiger partial charge in [-0.1, -0.05) is 43.3 Å². The van der Waals surface area contributed by atoms with Gasteiger partial charge in [-0.2, -0.15) is 0 Å². The number of aromatic nitrogens is 1. The number of anilines is 1. The number of ether oxygens (including phenoxy) is 2. The van der Waals surface area contributed by atoms with Crippen LogP contribution in [0, 0.1) is 0 Å². The number of carbonyl (C=O) groups is 4. The number of aromatic carboxylic acids is 1. The van der Waals surface area contributed by atoms with Gasteiger partial charge < -0.3 is 25.2 Å². The van der Waals surface area contributed by atoms with Gasteiger partial charge in [-0.3, -0.25) is 9.59 Å². The van der Waals surface area contributed by atoms with Crippen molar-refractivity contribution in [1.82, 2.24) is 15.2 Å². The lowest BCUT2D eigenvalue weighted by Gasteiger charge is -2.29. The first kappa shape index (κ1) is 24.3. The van der Waals surface area contributed by atoms with E-state index in [0.29, 0.717) is 30.3 Å². The van der Waals surface area contributed by atoms with E-state index in [2.05, 4.69) is 15.6 Å². The van der Waals surface area contributed by atoms with Gasteiger partial charge in [0.05, 0.1) is 0 Å². The maximum absolute atomic E-state index is 13.6. The van der Waals surface area contributed by atoms with Gasteiger partial charge in [0.1, 0.15) is 25.3 Å². The van der Waals surface area contributed by atoms with Crippen LogP contribution in [0.1, 0.15) is 40.5 Å². The molecular formula is C25H22N4O7S. The number of hydrogen-bond donors (Lipinski definition) is 3. The largest absolute Gasteiger partial charge is 0.486 e. The average molecular weight is 523 g/mol. The van der Waals surface area contributed by atoms with E-state index in [1.165, 1.54) is 5.38 Å². The number of amides is 4. The van der Waals surface area contributed by atoms with Crippen molar-refractivity contribution in [1.29, 1.82) is 0 Å². The first-order valence-corrected chi connectivity index (χ1v) is 12.3. The molecule has 1 fully saturated rings. The van der Waals surface area contributed by atoms with E-state index in [-0.39, 0.29) is 10.8 Å². The highest BCUT2D eigenvalue weighted by Crippen LogP contribution is 2.36. The summed E-state index contributed by atoms with van der Waals surface area (Å²) in [6, 6.07) is 11.0. The van der Waals surface area contributed by atoms with Crippen molar-refractivity contribution < 1.29 is 33.8 Å². The summed E-state index contributed by atoms with van der Waals surface area (Å²) < 4.78 is 11.1. The molecule has 3 N–H and O–H groups in total. The molecule has 2 aliphatic rings. The van der Waals surface area contributed by atoms with E-state index >= 15 is 0 Å². The Bertz CT molecular complexity index is 1380. The molecule has 0 spiro atoms. The fraction of sp³-hybridized carbons (Fsp3) is 0.240. The van der Waals surface area contributed by atoms with Crippen molar-refractivity contribution in [2.24, 2.45) is 0 Å². The summed E-state index contributed by atoms with van der Waals surface area (Å²) in [5.41, 5.74) is 1.00. The van der Waals surface area contributed by atoms with Crippen LogP contribution in [-0.2, 0) is 9.59 Å². The number of carbonyl (C=O) groups excluding carboxylic acids is 3. The Balaban J connectivity index is 1.46. The summed E-state index contributed by atoms with van der Waals surface area (Å²) in [6.07, 6.45) is 0. The van der Waals surface area contributed by atoms with Gasteiger partial charge in [-0.15, -0.1) is 11.3 Å². The molecule has 12 heteroatoms. The Morgan fingerprint density at radius 2 is 1.86 bits per heavy atom. The Kier molecular flexibility index (Phi) is 6.49. The van der Waals surface area contributed by atoms with Gasteiger partial charge in [0, 0.05) is 11.3 Å². The molecule has 1 aromatic heterocycles. The zero-order chi connectivity index (χ0) is 26.1. The molecule has 2 aliphatic heterocycles. The normalized spacial score (nSPS) is 18.2. The quantitative estimate of drug-likeness (QED) is 0.401. The summed E-state index contributed by atoms with van der Waals surface area (Å²) in [6.45, 7) is 2.52. The minimum absolute atomic E-state index is 0.0445. The van der Waals surface area contributed by atoms with Crippen LogP contribution in [0.2, 0.25) is 0 Å². The van der Waals surface area contributed by atoms with Gasteiger partial charge in [-0.05, 0) is 23.3 Å². The van der Waals surface area contributed by atoms with Gasteiger partial charge in [0.25, 0.3) is 5.91 Å². The van der Waals surface area contributed by atoms with Crippen LogP contribution in [0.4, 0.5) is 9.93 Å². The third-order valence-electron chi connectivity index (χ3n) is 6.17. The number of fused-ring (bicyclic) bond motifs is 1. The molecule has 37 heavy (non-hydrogen) atoms. The van der Waals surface area contributed by atoms with Crippen LogP contribution in [0.5, 0.6) is 11.5 Å². The fourth-order valence-electron chi connectivity index (χ4n) is 4.34. The monoisotopic (exact) mass is 522 g/mol. The Morgan fingerprint density at radius 3 is 2.57 bits per heavy atom. The van der Waals surface area contributed by atoms with E-state index in [4.69, 9.17) is 14.6 Å². The molecule has 4 amide bonds. The minimum atomic E-state index is -1.24. The minimum Gasteiger partial charge on any atom is -0.486 e. The van der Waals surface area contributed by atoms with Crippen LogP contribution < -0.4 is 20.1 Å². The summed E-state index contributed by atoms with van der Waals surface area (Å²) in [7, 11) is 0. The number of nitrogens with one attached hydrogen (secondary N) is 2. The second-order valence-electron chi connectivity index (χ2n) is 8.47. The summed E-state index contributed by atoms with van der Waals surface area (Å²) in [4.78, 5) is 56.3. The number of nitrogens with zero attached hydrogens (tertiary/aromatic N) is 2. The summed E-state index contributed by atoms with van der Waals surface area (Å²) in [5.74, 6) is -2.09. The molecule has 11 nitrogen and oxygen atoms in total. The van der Waals surface area contributed by atoms with E-state index in [1.54, 1.807) is 49.4 Å². The number of rotatable bonds is 7. The topological polar surface area (TPSA) is 147 Å². The van der Waals surface area contributed by atoms with Gasteiger partial charge in [0.15, 0.2) is 22.3 Å². The molecule has 0 radical (unpaired) electrons. The van der Waals surface area contributed by atoms with E-state index < -0.39 is 41.8 Å². The molecule has 3 atom stereocenters. The second kappa shape index (κ2) is 9.90. The number of thiazole rings is 1. The third-order valence-corrected chi connectivity index (χ3v) is 6.93. The summed E-state index contributed by atoms with van der Waals surface area (Å²) in [5, 5.41) is 15.7. The predicted octanol–water partition coefficient (Wildman–Crippen LogP) is 3.02. The van der Waals surface area contributed by atoms with E-state index in [1.807, 2.05) is 6.07 Å². The molecule has 5 rings (SSSR count). The first-order chi connectivity index (χ1) is 17.8. The van der Waals surface area contributed by atoms with Gasteiger partial charge in [0.2, 0.25) is 5.91 Å². The molecule has 3 aromatic rings. The number of benzene rings is 2. The Morgan fingerprint density at radius 1 is 1.14 bits per heavy atom. The highest BCUT2D eigenvalue weighted by molar-refractivity contribution is 7.14. The van der Waals surface area contributed by atoms with E-state index in [0.717, 1.165) is 21.8 Å². The van der Waals surface area contributed by atoms with Crippen LogP contribution in [0.3, 0.4) is 0 Å². The molecule has 0 saturated carbocycles. The number of carboxylic acids is 1. The standard InChI is InChI=1S/C25H22N4O7S/c1-13(14-5-3-2-4-6-14)20(21(30)28-24-26-16(12-37-24)23(32)33)29-22(31)19(27-25(29)34)15-7-8-17-18(11-15)36-10-9-35-17/h2-8,11-13,19-20H,9-10H2,1H3,(H,27,34)(H,32,33)(H,26,28,30)/t13-,19+,20-/m0/s1. The predicted molar refractivity (Wildman–Crippen MR) is 132 cm³/mol. The van der Waals surface area contributed by atoms with Crippen molar-refractivity contribution in [3.05, 3.63) is 70.7 Å². The van der Waals surface area contributed by atoms with Crippen LogP contribution >= 0.6 is 11.3 Å². The lowest BCUT2D eigenvalue weighted by atomic mass is 9.91. The van der Waals surface area contributed by atoms with Gasteiger partial charge in [-0.25, -0.2) is 19.5 Å². The fourth-order valence-corrected chi connectivity index (χ4v) is 5.03. The number of carboxylic acid groups (broad SMARTS) is 1. The number of hydrogen-bond acceptors (Lipinski definition) is 8. The van der Waals surface area contributed by atoms with Crippen LogP contribution in [0.15, 0.2) is 53.9 Å². The lowest BCUT2D eigenvalue weighted by Crippen LogP contribution is -2.50. The highest BCUT2D eigenvalue weighted by Gasteiger charge is 2.47. The molecule has 3 heterocycles. The maximum Gasteiger partial charge on any atom is 0.355 e. The Hall–Kier alpha value is -4.45. The SMILES string of the molecule is C[C@@H](c1ccccc1)[C@@H](C(=O)Nc1nc(C(=O)O)cs1)N1C(=O)N[C@H](c2ccc3c(c2)OCCO3)C1=O. The zero-order valence-electron chi connectivity index (χ0n) is 19.5. The van der Waals surface area contributed by atoms with Crippen molar-refractivity contribution >= 4 is 40.3 Å². The molecule has 0 bridgehead atoms. The third kappa shape index (κ3) is 4.70. The van der Waals surface area contributed by atoms with Gasteiger partial charge >= 0.3 is 12.0 Å². The smallest absolute Gasteiger partial charge is 0.355 e. The molecule has 1 saturated heterocycles. The molecule has 0 aliphatic carbocycles. The van der Waals surface area contributed by atoms with E-state index in [9.17, 15) is 19.2 Å². The number of imide groups is 1. The first-order valence-electron chi connectivity index (χ1n) is 11.4. The summed E-state index contributed by atoms with van der Waals surface area (Å²) >= 11 is 0.932. The second-order valence-corrected chi connectivity index (χ2v) is 9.33. The molecular weight excluding hydrogens is 500 g/mol. The van der Waals surface area contributed by atoms with Crippen molar-refractivity contribution in [2.75, 3.05) is 18.5 Å². The van der Waals surface area contributed by atoms with Crippen molar-refractivity contribution in [3.63, 3.8) is 0 Å². The molecule has 0 unspecified atom stereocenters. The number of urea groups is 1. The lowest BCUT2D eigenvalue weighted by molar-refractivity contribution is -0.134. The highest BCUT2D eigenvalue weighted by atomic mass is 32.1. The average Bonchev–Trinajstić information content (AvgIpc) is 3.49. The van der Waals surface area contributed by atoms with Crippen molar-refractivity contribution in [2.45, 2.75) is 24.9 Å². The molecule has 2 aromatic carbocycles.